The minimum atomic E-state index is 0.390. The molecule has 1 saturated heterocycles. The van der Waals surface area contributed by atoms with Crippen LogP contribution in [0.1, 0.15) is 23.9 Å². The zero-order chi connectivity index (χ0) is 18.2. The van der Waals surface area contributed by atoms with Gasteiger partial charge in [0.1, 0.15) is 6.04 Å². The van der Waals surface area contributed by atoms with Crippen LogP contribution in [0.15, 0.2) is 59.0 Å². The predicted octanol–water partition coefficient (Wildman–Crippen LogP) is 3.86. The molecule has 2 aromatic heterocycles. The Labute approximate surface area is 165 Å². The number of hydrogen-bond acceptors (Lipinski definition) is 5. The number of quaternary nitrogens is 1. The van der Waals surface area contributed by atoms with Crippen LogP contribution in [-0.2, 0) is 6.67 Å². The summed E-state index contributed by atoms with van der Waals surface area (Å²) < 4.78 is 8.81. The third-order valence-electron chi connectivity index (χ3n) is 5.07. The molecule has 1 aliphatic rings. The van der Waals surface area contributed by atoms with Crippen molar-refractivity contribution in [3.05, 3.63) is 64.4 Å². The summed E-state index contributed by atoms with van der Waals surface area (Å²) in [7, 11) is 0. The molecule has 2 aromatic carbocycles. The molecule has 1 aliphatic heterocycles. The summed E-state index contributed by atoms with van der Waals surface area (Å²) in [6.45, 7) is 1.80. The van der Waals surface area contributed by atoms with Crippen LogP contribution in [0.2, 0.25) is 0 Å². The van der Waals surface area contributed by atoms with E-state index in [2.05, 4.69) is 23.3 Å². The van der Waals surface area contributed by atoms with E-state index in [0.29, 0.717) is 23.4 Å². The van der Waals surface area contributed by atoms with Crippen molar-refractivity contribution in [2.45, 2.75) is 25.6 Å². The molecule has 3 heterocycles. The fourth-order valence-corrected chi connectivity index (χ4v) is 5.08. The topological polar surface area (TPSA) is 48.3 Å². The van der Waals surface area contributed by atoms with E-state index in [-0.39, 0.29) is 0 Å². The van der Waals surface area contributed by atoms with E-state index in [1.165, 1.54) is 21.0 Å². The van der Waals surface area contributed by atoms with Gasteiger partial charge in [-0.25, -0.2) is 4.98 Å². The normalized spacial score (nSPS) is 19.7. The minimum absolute atomic E-state index is 0.390. The Morgan fingerprint density at radius 3 is 2.81 bits per heavy atom. The Kier molecular flexibility index (Phi) is 4.35. The van der Waals surface area contributed by atoms with Crippen LogP contribution < -0.4 is 4.90 Å². The lowest BCUT2D eigenvalue weighted by Gasteiger charge is -2.18. The molecule has 0 radical (unpaired) electrons. The van der Waals surface area contributed by atoms with Gasteiger partial charge in [-0.05, 0) is 36.5 Å². The van der Waals surface area contributed by atoms with Crippen LogP contribution >= 0.6 is 23.6 Å². The maximum absolute atomic E-state index is 5.74. The maximum atomic E-state index is 5.74. The molecular formula is C20H19N4OS2+. The van der Waals surface area contributed by atoms with Crippen molar-refractivity contribution in [2.24, 2.45) is 0 Å². The molecule has 0 bridgehead atoms. The number of likely N-dealkylation sites (tertiary alicyclic amines) is 1. The quantitative estimate of drug-likeness (QED) is 0.533. The summed E-state index contributed by atoms with van der Waals surface area (Å²) in [5.74, 6) is 0.579. The molecule has 0 aliphatic carbocycles. The number of rotatable bonds is 4. The Morgan fingerprint density at radius 1 is 1.15 bits per heavy atom. The first-order valence-corrected chi connectivity index (χ1v) is 10.3. The van der Waals surface area contributed by atoms with E-state index in [0.717, 1.165) is 24.0 Å². The molecule has 0 amide bonds. The smallest absolute Gasteiger partial charge is 0.292 e. The van der Waals surface area contributed by atoms with Crippen molar-refractivity contribution < 1.29 is 9.32 Å². The van der Waals surface area contributed by atoms with Crippen molar-refractivity contribution in [1.82, 2.24) is 14.8 Å². The molecular weight excluding hydrogens is 376 g/mol. The van der Waals surface area contributed by atoms with Gasteiger partial charge in [-0.1, -0.05) is 30.3 Å². The van der Waals surface area contributed by atoms with E-state index >= 15 is 0 Å². The second-order valence-electron chi connectivity index (χ2n) is 6.82. The number of para-hydroxylation sites is 1. The van der Waals surface area contributed by atoms with Crippen LogP contribution in [0, 0.1) is 4.84 Å². The lowest BCUT2D eigenvalue weighted by Crippen LogP contribution is -3.09. The SMILES string of the molecule is S=c1oc(-c2ccccc2)nn1C[NH+]1CCC[C@H]1c1nc2ccccc2s1. The van der Waals surface area contributed by atoms with Gasteiger partial charge in [0.15, 0.2) is 11.7 Å². The van der Waals surface area contributed by atoms with Crippen LogP contribution in [0.25, 0.3) is 21.7 Å². The first-order chi connectivity index (χ1) is 13.3. The average molecular weight is 396 g/mol. The summed E-state index contributed by atoms with van der Waals surface area (Å²) in [6.07, 6.45) is 2.33. The second-order valence-corrected chi connectivity index (χ2v) is 8.23. The molecule has 5 nitrogen and oxygen atoms in total. The van der Waals surface area contributed by atoms with E-state index < -0.39 is 0 Å². The Morgan fingerprint density at radius 2 is 1.96 bits per heavy atom. The summed E-state index contributed by atoms with van der Waals surface area (Å²) in [4.78, 5) is 6.75. The van der Waals surface area contributed by atoms with Crippen molar-refractivity contribution in [3.63, 3.8) is 0 Å². The highest BCUT2D eigenvalue weighted by molar-refractivity contribution is 7.71. The van der Waals surface area contributed by atoms with Crippen LogP contribution in [0.5, 0.6) is 0 Å². The van der Waals surface area contributed by atoms with Gasteiger partial charge < -0.3 is 9.32 Å². The summed E-state index contributed by atoms with van der Waals surface area (Å²) in [5.41, 5.74) is 2.04. The van der Waals surface area contributed by atoms with Gasteiger partial charge in [-0.2, -0.15) is 4.68 Å². The van der Waals surface area contributed by atoms with Crippen molar-refractivity contribution >= 4 is 33.8 Å². The molecule has 0 spiro atoms. The molecule has 4 aromatic rings. The Balaban J connectivity index is 1.41. The highest BCUT2D eigenvalue weighted by Crippen LogP contribution is 2.28. The van der Waals surface area contributed by atoms with E-state index in [1.54, 1.807) is 11.3 Å². The maximum Gasteiger partial charge on any atom is 0.292 e. The molecule has 7 heteroatoms. The number of nitrogens with one attached hydrogen (secondary N) is 1. The summed E-state index contributed by atoms with van der Waals surface area (Å²) >= 11 is 7.23. The molecule has 5 rings (SSSR count). The first-order valence-electron chi connectivity index (χ1n) is 9.11. The molecule has 1 unspecified atom stereocenters. The highest BCUT2D eigenvalue weighted by atomic mass is 32.1. The zero-order valence-corrected chi connectivity index (χ0v) is 16.3. The second kappa shape index (κ2) is 6.99. The zero-order valence-electron chi connectivity index (χ0n) is 14.7. The van der Waals surface area contributed by atoms with E-state index in [1.807, 2.05) is 41.1 Å². The lowest BCUT2D eigenvalue weighted by atomic mass is 10.2. The molecule has 0 saturated carbocycles. The van der Waals surface area contributed by atoms with Crippen molar-refractivity contribution in [2.75, 3.05) is 6.54 Å². The largest absolute Gasteiger partial charge is 0.409 e. The van der Waals surface area contributed by atoms with Crippen LogP contribution in [0.4, 0.5) is 0 Å². The molecule has 27 heavy (non-hydrogen) atoms. The van der Waals surface area contributed by atoms with Crippen molar-refractivity contribution in [1.29, 1.82) is 0 Å². The molecule has 1 fully saturated rings. The number of benzene rings is 2. The van der Waals surface area contributed by atoms with Crippen molar-refractivity contribution in [3.8, 4) is 11.5 Å². The number of aromatic nitrogens is 3. The summed E-state index contributed by atoms with van der Waals surface area (Å²) in [5, 5.41) is 5.83. The van der Waals surface area contributed by atoms with Gasteiger partial charge in [0.2, 0.25) is 5.89 Å². The van der Waals surface area contributed by atoms with Gasteiger partial charge in [0, 0.05) is 18.4 Å². The molecule has 136 valence electrons. The summed E-state index contributed by atoms with van der Waals surface area (Å²) in [6, 6.07) is 18.6. The number of fused-ring (bicyclic) bond motifs is 1. The number of nitrogens with zero attached hydrogens (tertiary/aromatic N) is 3. The fraction of sp³-hybridized carbons (Fsp3) is 0.250. The fourth-order valence-electron chi connectivity index (χ4n) is 3.73. The monoisotopic (exact) mass is 395 g/mol. The number of hydrogen-bond donors (Lipinski definition) is 1. The number of thiazole rings is 1. The minimum Gasteiger partial charge on any atom is -0.409 e. The van der Waals surface area contributed by atoms with Gasteiger partial charge in [0.05, 0.1) is 16.8 Å². The Hall–Kier alpha value is -2.35. The molecule has 1 N–H and O–H groups in total. The lowest BCUT2D eigenvalue weighted by molar-refractivity contribution is -0.941. The van der Waals surface area contributed by atoms with Crippen LogP contribution in [0.3, 0.4) is 0 Å². The predicted molar refractivity (Wildman–Crippen MR) is 108 cm³/mol. The highest BCUT2D eigenvalue weighted by Gasteiger charge is 2.33. The first kappa shape index (κ1) is 16.8. The Bertz CT molecular complexity index is 1100. The van der Waals surface area contributed by atoms with E-state index in [4.69, 9.17) is 21.6 Å². The van der Waals surface area contributed by atoms with Gasteiger partial charge in [-0.15, -0.1) is 16.4 Å². The van der Waals surface area contributed by atoms with Gasteiger partial charge in [0.25, 0.3) is 4.84 Å². The average Bonchev–Trinajstić information content (AvgIpc) is 3.41. The van der Waals surface area contributed by atoms with E-state index in [9.17, 15) is 0 Å². The van der Waals surface area contributed by atoms with Gasteiger partial charge in [-0.3, -0.25) is 0 Å². The molecule has 2 atom stereocenters. The standard InChI is InChI=1S/C20H18N4OS2/c26-20-24(22-18(25-20)14-7-2-1-3-8-14)13-23-12-6-10-16(23)19-21-15-9-4-5-11-17(15)27-19/h1-5,7-9,11,16H,6,10,12-13H2/p+1/t16-/m0/s1. The van der Waals surface area contributed by atoms with Crippen LogP contribution in [-0.4, -0.2) is 21.3 Å². The third-order valence-corrected chi connectivity index (χ3v) is 6.52. The third kappa shape index (κ3) is 3.22. The van der Waals surface area contributed by atoms with Gasteiger partial charge >= 0.3 is 0 Å².